The van der Waals surface area contributed by atoms with Crippen LogP contribution in [0.4, 0.5) is 0 Å². The molecule has 5 atom stereocenters. The van der Waals surface area contributed by atoms with Crippen molar-refractivity contribution < 1.29 is 14.6 Å². The van der Waals surface area contributed by atoms with E-state index in [0.29, 0.717) is 24.2 Å². The number of carbonyl (C=O) groups excluding carboxylic acids is 1. The summed E-state index contributed by atoms with van der Waals surface area (Å²) < 4.78 is 5.07. The molecular formula is C18H32O3. The van der Waals surface area contributed by atoms with Crippen molar-refractivity contribution in [3.63, 3.8) is 0 Å². The first-order chi connectivity index (χ1) is 9.95. The Kier molecular flexibility index (Phi) is 8.02. The van der Waals surface area contributed by atoms with E-state index in [9.17, 15) is 4.79 Å². The van der Waals surface area contributed by atoms with Crippen LogP contribution in [-0.2, 0) is 9.53 Å². The Labute approximate surface area is 129 Å². The van der Waals surface area contributed by atoms with Gasteiger partial charge in [0, 0.05) is 0 Å². The zero-order chi connectivity index (χ0) is 15.8. The minimum Gasteiger partial charge on any atom is -0.463 e. The normalized spacial score (nSPS) is 30.1. The molecule has 0 fully saturated rings. The van der Waals surface area contributed by atoms with Crippen molar-refractivity contribution in [1.82, 2.24) is 0 Å². The Morgan fingerprint density at radius 3 is 2.43 bits per heavy atom. The SMILES string of the molecule is CCCCCC1C=CC(CC(=O)OCC(C)O)C(C)C1C. The zero-order valence-corrected chi connectivity index (χ0v) is 14.0. The maximum atomic E-state index is 11.8. The number of hydrogen-bond acceptors (Lipinski definition) is 3. The maximum Gasteiger partial charge on any atom is 0.306 e. The molecule has 0 heterocycles. The lowest BCUT2D eigenvalue weighted by molar-refractivity contribution is -0.147. The lowest BCUT2D eigenvalue weighted by atomic mass is 9.70. The minimum absolute atomic E-state index is 0.0961. The highest BCUT2D eigenvalue weighted by molar-refractivity contribution is 5.70. The van der Waals surface area contributed by atoms with E-state index in [1.54, 1.807) is 6.92 Å². The van der Waals surface area contributed by atoms with E-state index < -0.39 is 6.10 Å². The number of aliphatic hydroxyl groups excluding tert-OH is 1. The van der Waals surface area contributed by atoms with Gasteiger partial charge in [-0.2, -0.15) is 0 Å². The first-order valence-electron chi connectivity index (χ1n) is 8.47. The molecule has 122 valence electrons. The summed E-state index contributed by atoms with van der Waals surface area (Å²) in [4.78, 5) is 11.8. The fraction of sp³-hybridized carbons (Fsp3) is 0.833. The van der Waals surface area contributed by atoms with E-state index in [1.807, 2.05) is 0 Å². The van der Waals surface area contributed by atoms with Gasteiger partial charge in [-0.1, -0.05) is 52.2 Å². The van der Waals surface area contributed by atoms with Crippen LogP contribution < -0.4 is 0 Å². The van der Waals surface area contributed by atoms with Crippen molar-refractivity contribution in [1.29, 1.82) is 0 Å². The molecule has 5 unspecified atom stereocenters. The quantitative estimate of drug-likeness (QED) is 0.419. The number of esters is 1. The van der Waals surface area contributed by atoms with E-state index in [4.69, 9.17) is 9.84 Å². The third-order valence-electron chi connectivity index (χ3n) is 4.81. The first kappa shape index (κ1) is 18.2. The van der Waals surface area contributed by atoms with Crippen molar-refractivity contribution in [3.8, 4) is 0 Å². The van der Waals surface area contributed by atoms with Gasteiger partial charge in [-0.25, -0.2) is 0 Å². The number of carbonyl (C=O) groups is 1. The van der Waals surface area contributed by atoms with Crippen LogP contribution >= 0.6 is 0 Å². The molecule has 3 heteroatoms. The van der Waals surface area contributed by atoms with Crippen LogP contribution in [0.3, 0.4) is 0 Å². The Morgan fingerprint density at radius 2 is 1.81 bits per heavy atom. The summed E-state index contributed by atoms with van der Waals surface area (Å²) in [6, 6.07) is 0. The smallest absolute Gasteiger partial charge is 0.306 e. The van der Waals surface area contributed by atoms with Crippen LogP contribution in [0.2, 0.25) is 0 Å². The van der Waals surface area contributed by atoms with E-state index in [2.05, 4.69) is 32.9 Å². The Morgan fingerprint density at radius 1 is 1.19 bits per heavy atom. The van der Waals surface area contributed by atoms with Gasteiger partial charge in [-0.05, 0) is 37.0 Å². The molecule has 21 heavy (non-hydrogen) atoms. The number of hydrogen-bond donors (Lipinski definition) is 1. The Bertz CT molecular complexity index is 335. The summed E-state index contributed by atoms with van der Waals surface area (Å²) in [6.45, 7) is 8.50. The van der Waals surface area contributed by atoms with Gasteiger partial charge < -0.3 is 9.84 Å². The van der Waals surface area contributed by atoms with Gasteiger partial charge in [0.15, 0.2) is 0 Å². The van der Waals surface area contributed by atoms with Gasteiger partial charge in [0.2, 0.25) is 0 Å². The molecule has 1 aliphatic carbocycles. The van der Waals surface area contributed by atoms with Gasteiger partial charge in [0.25, 0.3) is 0 Å². The minimum atomic E-state index is -0.588. The highest BCUT2D eigenvalue weighted by Crippen LogP contribution is 2.37. The van der Waals surface area contributed by atoms with E-state index in [0.717, 1.165) is 0 Å². The van der Waals surface area contributed by atoms with Crippen LogP contribution in [0.25, 0.3) is 0 Å². The van der Waals surface area contributed by atoms with E-state index in [-0.39, 0.29) is 18.5 Å². The summed E-state index contributed by atoms with van der Waals surface area (Å²) in [5.41, 5.74) is 0. The van der Waals surface area contributed by atoms with Gasteiger partial charge in [0.1, 0.15) is 6.61 Å². The van der Waals surface area contributed by atoms with Crippen LogP contribution in [0.5, 0.6) is 0 Å². The average Bonchev–Trinajstić information content (AvgIpc) is 2.44. The molecule has 3 nitrogen and oxygen atoms in total. The number of aliphatic hydroxyl groups is 1. The highest BCUT2D eigenvalue weighted by atomic mass is 16.5. The van der Waals surface area contributed by atoms with Gasteiger partial charge in [0.05, 0.1) is 12.5 Å². The Hall–Kier alpha value is -0.830. The summed E-state index contributed by atoms with van der Waals surface area (Å²) in [7, 11) is 0. The molecule has 0 saturated carbocycles. The lowest BCUT2D eigenvalue weighted by Crippen LogP contribution is -2.29. The summed E-state index contributed by atoms with van der Waals surface area (Å²) >= 11 is 0. The molecule has 1 rings (SSSR count). The van der Waals surface area contributed by atoms with Crippen molar-refractivity contribution in [3.05, 3.63) is 12.2 Å². The molecule has 0 amide bonds. The molecule has 1 N–H and O–H groups in total. The fourth-order valence-electron chi connectivity index (χ4n) is 3.12. The van der Waals surface area contributed by atoms with Gasteiger partial charge in [-0.15, -0.1) is 0 Å². The highest BCUT2D eigenvalue weighted by Gasteiger charge is 2.31. The zero-order valence-electron chi connectivity index (χ0n) is 14.0. The topological polar surface area (TPSA) is 46.5 Å². The summed E-state index contributed by atoms with van der Waals surface area (Å²) in [5, 5.41) is 9.15. The van der Waals surface area contributed by atoms with Crippen LogP contribution in [0.1, 0.15) is 59.8 Å². The predicted octanol–water partition coefficient (Wildman–Crippen LogP) is 3.96. The molecule has 0 aromatic rings. The molecule has 0 spiro atoms. The second-order valence-electron chi connectivity index (χ2n) is 6.66. The first-order valence-corrected chi connectivity index (χ1v) is 8.47. The molecule has 0 aromatic heterocycles. The number of unbranched alkanes of at least 4 members (excludes halogenated alkanes) is 2. The van der Waals surface area contributed by atoms with Gasteiger partial charge in [-0.3, -0.25) is 4.79 Å². The van der Waals surface area contributed by atoms with Crippen molar-refractivity contribution in [2.24, 2.45) is 23.7 Å². The Balaban J connectivity index is 2.47. The predicted molar refractivity (Wildman–Crippen MR) is 85.8 cm³/mol. The fourth-order valence-corrected chi connectivity index (χ4v) is 3.12. The van der Waals surface area contributed by atoms with E-state index >= 15 is 0 Å². The molecule has 0 aromatic carbocycles. The average molecular weight is 296 g/mol. The number of rotatable bonds is 8. The molecule has 1 aliphatic rings. The second kappa shape index (κ2) is 9.24. The maximum absolute atomic E-state index is 11.8. The van der Waals surface area contributed by atoms with Crippen molar-refractivity contribution >= 4 is 5.97 Å². The molecule has 0 aliphatic heterocycles. The molecular weight excluding hydrogens is 264 g/mol. The van der Waals surface area contributed by atoms with Crippen molar-refractivity contribution in [2.75, 3.05) is 6.61 Å². The second-order valence-corrected chi connectivity index (χ2v) is 6.66. The number of allylic oxidation sites excluding steroid dienone is 2. The van der Waals surface area contributed by atoms with E-state index in [1.165, 1.54) is 25.7 Å². The number of ether oxygens (including phenoxy) is 1. The summed E-state index contributed by atoms with van der Waals surface area (Å²) in [5.74, 6) is 1.83. The lowest BCUT2D eigenvalue weighted by Gasteiger charge is -2.35. The standard InChI is InChI=1S/C18H32O3/c1-5-6-7-8-16-9-10-17(15(4)14(16)3)11-18(20)21-12-13(2)19/h9-10,13-17,19H,5-8,11-12H2,1-4H3. The summed E-state index contributed by atoms with van der Waals surface area (Å²) in [6.07, 6.45) is 9.49. The van der Waals surface area contributed by atoms with Gasteiger partial charge >= 0.3 is 5.97 Å². The monoisotopic (exact) mass is 296 g/mol. The molecule has 0 bridgehead atoms. The third-order valence-corrected chi connectivity index (χ3v) is 4.81. The molecule has 0 radical (unpaired) electrons. The molecule has 0 saturated heterocycles. The largest absolute Gasteiger partial charge is 0.463 e. The van der Waals surface area contributed by atoms with Crippen molar-refractivity contribution in [2.45, 2.75) is 65.9 Å². The third kappa shape index (κ3) is 6.21. The van der Waals surface area contributed by atoms with Crippen LogP contribution in [0, 0.1) is 23.7 Å². The van der Waals surface area contributed by atoms with Crippen LogP contribution in [-0.4, -0.2) is 23.8 Å². The van der Waals surface area contributed by atoms with Crippen LogP contribution in [0.15, 0.2) is 12.2 Å².